The zero-order valence-electron chi connectivity index (χ0n) is 10.7. The summed E-state index contributed by atoms with van der Waals surface area (Å²) in [4.78, 5) is 14.3. The average Bonchev–Trinajstić information content (AvgIpc) is 2.64. The fraction of sp³-hybridized carbons (Fsp3) is 0.583. The molecule has 0 aliphatic heterocycles. The minimum atomic E-state index is -0.0164. The highest BCUT2D eigenvalue weighted by molar-refractivity contribution is 7.10. The molecule has 1 rings (SSSR count). The number of carbonyl (C=O) groups is 1. The number of hydrogen-bond donors (Lipinski definition) is 2. The Balaban J connectivity index is 2.27. The minimum absolute atomic E-state index is 0.0164. The maximum atomic E-state index is 11.0. The maximum Gasteiger partial charge on any atom is 0.221 e. The van der Waals surface area contributed by atoms with Crippen LogP contribution in [0.1, 0.15) is 18.2 Å². The van der Waals surface area contributed by atoms with Crippen LogP contribution in [0.4, 0.5) is 5.69 Å². The van der Waals surface area contributed by atoms with Crippen LogP contribution in [0.2, 0.25) is 0 Å². The van der Waals surface area contributed by atoms with Crippen LogP contribution in [-0.4, -0.2) is 38.0 Å². The summed E-state index contributed by atoms with van der Waals surface area (Å²) < 4.78 is 0. The standard InChI is InChI=1S/C12H21N3OS/c1-10(16)14-11-5-8-17-12(11)9-13-6-4-7-15(2)3/h5,8,13H,4,6-7,9H2,1-3H3,(H,14,16). The molecule has 0 aliphatic carbocycles. The molecule has 1 aromatic rings. The van der Waals surface area contributed by atoms with Gasteiger partial charge in [0.2, 0.25) is 5.91 Å². The number of hydrogen-bond acceptors (Lipinski definition) is 4. The minimum Gasteiger partial charge on any atom is -0.325 e. The summed E-state index contributed by atoms with van der Waals surface area (Å²) in [6.45, 7) is 4.44. The maximum absolute atomic E-state index is 11.0. The summed E-state index contributed by atoms with van der Waals surface area (Å²) in [5, 5.41) is 8.23. The van der Waals surface area contributed by atoms with E-state index in [9.17, 15) is 4.79 Å². The van der Waals surface area contributed by atoms with Crippen molar-refractivity contribution >= 4 is 22.9 Å². The molecule has 5 heteroatoms. The molecule has 0 aliphatic rings. The van der Waals surface area contributed by atoms with E-state index in [1.807, 2.05) is 11.4 Å². The molecule has 0 spiro atoms. The number of amides is 1. The van der Waals surface area contributed by atoms with Crippen molar-refractivity contribution < 1.29 is 4.79 Å². The van der Waals surface area contributed by atoms with E-state index in [0.29, 0.717) is 0 Å². The lowest BCUT2D eigenvalue weighted by Crippen LogP contribution is -2.21. The summed E-state index contributed by atoms with van der Waals surface area (Å²) in [5.74, 6) is -0.0164. The fourth-order valence-corrected chi connectivity index (χ4v) is 2.30. The Kier molecular flexibility index (Phi) is 6.18. The van der Waals surface area contributed by atoms with Crippen molar-refractivity contribution in [3.63, 3.8) is 0 Å². The van der Waals surface area contributed by atoms with Crippen molar-refractivity contribution in [2.45, 2.75) is 19.9 Å². The van der Waals surface area contributed by atoms with Gasteiger partial charge in [0.25, 0.3) is 0 Å². The molecule has 0 saturated heterocycles. The molecule has 1 amide bonds. The second-order valence-electron chi connectivity index (χ2n) is 4.27. The highest BCUT2D eigenvalue weighted by Gasteiger charge is 2.04. The second kappa shape index (κ2) is 7.42. The summed E-state index contributed by atoms with van der Waals surface area (Å²) in [6, 6.07) is 1.95. The van der Waals surface area contributed by atoms with Gasteiger partial charge in [0, 0.05) is 18.3 Å². The molecule has 17 heavy (non-hydrogen) atoms. The molecule has 1 aromatic heterocycles. The number of rotatable bonds is 7. The summed E-state index contributed by atoms with van der Waals surface area (Å²) in [5.41, 5.74) is 0.933. The first-order valence-electron chi connectivity index (χ1n) is 5.79. The Morgan fingerprint density at radius 1 is 1.47 bits per heavy atom. The largest absolute Gasteiger partial charge is 0.325 e. The smallest absolute Gasteiger partial charge is 0.221 e. The predicted molar refractivity (Wildman–Crippen MR) is 73.5 cm³/mol. The zero-order chi connectivity index (χ0) is 12.7. The first kappa shape index (κ1) is 14.2. The zero-order valence-corrected chi connectivity index (χ0v) is 11.6. The van der Waals surface area contributed by atoms with Crippen LogP contribution in [0.5, 0.6) is 0 Å². The highest BCUT2D eigenvalue weighted by atomic mass is 32.1. The quantitative estimate of drug-likeness (QED) is 0.730. The van der Waals surface area contributed by atoms with Crippen LogP contribution in [0, 0.1) is 0 Å². The van der Waals surface area contributed by atoms with E-state index in [2.05, 4.69) is 29.6 Å². The molecule has 0 atom stereocenters. The third-order valence-corrected chi connectivity index (χ3v) is 3.22. The highest BCUT2D eigenvalue weighted by Crippen LogP contribution is 2.21. The van der Waals surface area contributed by atoms with Crippen LogP contribution >= 0.6 is 11.3 Å². The van der Waals surface area contributed by atoms with Crippen molar-refractivity contribution in [2.75, 3.05) is 32.5 Å². The first-order chi connectivity index (χ1) is 8.09. The lowest BCUT2D eigenvalue weighted by molar-refractivity contribution is -0.114. The summed E-state index contributed by atoms with van der Waals surface area (Å²) in [7, 11) is 4.16. The SMILES string of the molecule is CC(=O)Nc1ccsc1CNCCCN(C)C. The Morgan fingerprint density at radius 2 is 2.24 bits per heavy atom. The molecule has 2 N–H and O–H groups in total. The van der Waals surface area contributed by atoms with Crippen LogP contribution in [0.3, 0.4) is 0 Å². The van der Waals surface area contributed by atoms with Gasteiger partial charge in [-0.15, -0.1) is 11.3 Å². The van der Waals surface area contributed by atoms with Gasteiger partial charge >= 0.3 is 0 Å². The van der Waals surface area contributed by atoms with Crippen LogP contribution in [0.25, 0.3) is 0 Å². The second-order valence-corrected chi connectivity index (χ2v) is 5.27. The van der Waals surface area contributed by atoms with E-state index in [1.54, 1.807) is 11.3 Å². The van der Waals surface area contributed by atoms with Crippen LogP contribution in [-0.2, 0) is 11.3 Å². The number of thiophene rings is 1. The van der Waals surface area contributed by atoms with E-state index in [0.717, 1.165) is 31.7 Å². The molecular formula is C12H21N3OS. The summed E-state index contributed by atoms with van der Waals surface area (Å²) in [6.07, 6.45) is 1.13. The third kappa shape index (κ3) is 5.81. The Hall–Kier alpha value is -0.910. The molecule has 0 bridgehead atoms. The number of nitrogens with one attached hydrogen (secondary N) is 2. The third-order valence-electron chi connectivity index (χ3n) is 2.30. The Morgan fingerprint density at radius 3 is 2.88 bits per heavy atom. The molecule has 0 fully saturated rings. The van der Waals surface area contributed by atoms with Crippen molar-refractivity contribution in [1.29, 1.82) is 0 Å². The summed E-state index contributed by atoms with van der Waals surface area (Å²) >= 11 is 1.67. The van der Waals surface area contributed by atoms with Gasteiger partial charge in [-0.25, -0.2) is 0 Å². The fourth-order valence-electron chi connectivity index (χ4n) is 1.50. The topological polar surface area (TPSA) is 44.4 Å². The van der Waals surface area contributed by atoms with Crippen LogP contribution < -0.4 is 10.6 Å². The normalized spacial score (nSPS) is 10.8. The van der Waals surface area contributed by atoms with Gasteiger partial charge in [0.1, 0.15) is 0 Å². The first-order valence-corrected chi connectivity index (χ1v) is 6.67. The van der Waals surface area contributed by atoms with Gasteiger partial charge in [-0.1, -0.05) is 0 Å². The Bertz CT molecular complexity index is 349. The number of carbonyl (C=O) groups excluding carboxylic acids is 1. The van der Waals surface area contributed by atoms with Crippen molar-refractivity contribution in [3.8, 4) is 0 Å². The van der Waals surface area contributed by atoms with Crippen molar-refractivity contribution in [1.82, 2.24) is 10.2 Å². The monoisotopic (exact) mass is 255 g/mol. The number of nitrogens with zero attached hydrogens (tertiary/aromatic N) is 1. The molecular weight excluding hydrogens is 234 g/mol. The Labute approximate surface area is 107 Å². The van der Waals surface area contributed by atoms with Gasteiger partial charge in [-0.3, -0.25) is 4.79 Å². The molecule has 0 aromatic carbocycles. The molecule has 0 radical (unpaired) electrons. The van der Waals surface area contributed by atoms with Crippen molar-refractivity contribution in [2.24, 2.45) is 0 Å². The van der Waals surface area contributed by atoms with Gasteiger partial charge in [-0.05, 0) is 45.1 Å². The van der Waals surface area contributed by atoms with E-state index in [4.69, 9.17) is 0 Å². The molecule has 0 unspecified atom stereocenters. The van der Waals surface area contributed by atoms with Gasteiger partial charge < -0.3 is 15.5 Å². The van der Waals surface area contributed by atoms with E-state index < -0.39 is 0 Å². The lowest BCUT2D eigenvalue weighted by atomic mass is 10.3. The molecule has 0 saturated carbocycles. The predicted octanol–water partition coefficient (Wildman–Crippen LogP) is 1.75. The number of anilines is 1. The average molecular weight is 255 g/mol. The molecule has 96 valence electrons. The van der Waals surface area contributed by atoms with Crippen molar-refractivity contribution in [3.05, 3.63) is 16.3 Å². The van der Waals surface area contributed by atoms with Gasteiger partial charge in [0.15, 0.2) is 0 Å². The molecule has 1 heterocycles. The lowest BCUT2D eigenvalue weighted by Gasteiger charge is -2.10. The van der Waals surface area contributed by atoms with Crippen LogP contribution in [0.15, 0.2) is 11.4 Å². The van der Waals surface area contributed by atoms with Gasteiger partial charge in [-0.2, -0.15) is 0 Å². The van der Waals surface area contributed by atoms with E-state index >= 15 is 0 Å². The van der Waals surface area contributed by atoms with Gasteiger partial charge in [0.05, 0.1) is 5.69 Å². The van der Waals surface area contributed by atoms with E-state index in [-0.39, 0.29) is 5.91 Å². The molecule has 4 nitrogen and oxygen atoms in total. The van der Waals surface area contributed by atoms with E-state index in [1.165, 1.54) is 11.8 Å².